The highest BCUT2D eigenvalue weighted by atomic mass is 16.5. The first-order valence-electron chi connectivity index (χ1n) is 11.7. The molecule has 0 aliphatic rings. The lowest BCUT2D eigenvalue weighted by Crippen LogP contribution is -1.96. The minimum atomic E-state index is 0.826. The van der Waals surface area contributed by atoms with Crippen molar-refractivity contribution in [3.8, 4) is 16.9 Å². The van der Waals surface area contributed by atoms with Crippen molar-refractivity contribution in [1.82, 2.24) is 0 Å². The number of hydrogen-bond acceptors (Lipinski definition) is 1. The van der Waals surface area contributed by atoms with E-state index < -0.39 is 0 Å². The van der Waals surface area contributed by atoms with Crippen LogP contribution in [0.1, 0.15) is 90.0 Å². The van der Waals surface area contributed by atoms with Crippen LogP contribution in [0.5, 0.6) is 5.75 Å². The van der Waals surface area contributed by atoms with Gasteiger partial charge in [-0.05, 0) is 48.1 Å². The van der Waals surface area contributed by atoms with Gasteiger partial charge in [-0.2, -0.15) is 0 Å². The summed E-state index contributed by atoms with van der Waals surface area (Å²) >= 11 is 0. The molecule has 28 heavy (non-hydrogen) atoms. The molecule has 0 saturated carbocycles. The fourth-order valence-electron chi connectivity index (χ4n) is 3.61. The topological polar surface area (TPSA) is 9.23 Å². The van der Waals surface area contributed by atoms with Gasteiger partial charge in [0.15, 0.2) is 0 Å². The molecule has 1 nitrogen and oxygen atoms in total. The Morgan fingerprint density at radius 2 is 1.04 bits per heavy atom. The highest BCUT2D eigenvalue weighted by Gasteiger charge is 2.01. The number of aryl methyl sites for hydroxylation is 1. The molecule has 1 heteroatoms. The van der Waals surface area contributed by atoms with Crippen molar-refractivity contribution in [1.29, 1.82) is 0 Å². The summed E-state index contributed by atoms with van der Waals surface area (Å²) in [7, 11) is 0. The molecule has 0 unspecified atom stereocenters. The van der Waals surface area contributed by atoms with Crippen LogP contribution in [-0.4, -0.2) is 6.61 Å². The zero-order valence-electron chi connectivity index (χ0n) is 18.2. The van der Waals surface area contributed by atoms with Crippen molar-refractivity contribution >= 4 is 0 Å². The molecule has 0 N–H and O–H groups in total. The second-order valence-electron chi connectivity index (χ2n) is 8.00. The maximum absolute atomic E-state index is 5.85. The molecule has 0 heterocycles. The fraction of sp³-hybridized carbons (Fsp3) is 0.556. The maximum atomic E-state index is 5.85. The van der Waals surface area contributed by atoms with Crippen molar-refractivity contribution in [2.75, 3.05) is 6.61 Å². The predicted molar refractivity (Wildman–Crippen MR) is 123 cm³/mol. The van der Waals surface area contributed by atoms with E-state index in [2.05, 4.69) is 62.4 Å². The fourth-order valence-corrected chi connectivity index (χ4v) is 3.61. The Balaban J connectivity index is 1.70. The summed E-state index contributed by atoms with van der Waals surface area (Å²) in [5.74, 6) is 0.982. The second kappa shape index (κ2) is 14.3. The summed E-state index contributed by atoms with van der Waals surface area (Å²) in [6, 6.07) is 17.7. The third kappa shape index (κ3) is 8.95. The van der Waals surface area contributed by atoms with Crippen LogP contribution < -0.4 is 4.74 Å². The van der Waals surface area contributed by atoms with Crippen LogP contribution in [0.3, 0.4) is 0 Å². The van der Waals surface area contributed by atoms with Gasteiger partial charge in [-0.25, -0.2) is 0 Å². The zero-order chi connectivity index (χ0) is 19.9. The molecule has 154 valence electrons. The SMILES string of the molecule is CCCCCCCCCc1ccc(-c2ccc(OCCCCCC)cc2)cc1. The number of rotatable bonds is 15. The molecular weight excluding hydrogens is 340 g/mol. The first-order chi connectivity index (χ1) is 13.8. The summed E-state index contributed by atoms with van der Waals surface area (Å²) < 4.78 is 5.85. The van der Waals surface area contributed by atoms with E-state index in [-0.39, 0.29) is 0 Å². The monoisotopic (exact) mass is 380 g/mol. The molecule has 0 amide bonds. The predicted octanol–water partition coefficient (Wildman–Crippen LogP) is 8.61. The van der Waals surface area contributed by atoms with E-state index in [4.69, 9.17) is 4.74 Å². The maximum Gasteiger partial charge on any atom is 0.119 e. The van der Waals surface area contributed by atoms with Crippen molar-refractivity contribution < 1.29 is 4.74 Å². The molecule has 0 fully saturated rings. The van der Waals surface area contributed by atoms with Crippen LogP contribution in [0.25, 0.3) is 11.1 Å². The van der Waals surface area contributed by atoms with Gasteiger partial charge in [0.2, 0.25) is 0 Å². The van der Waals surface area contributed by atoms with E-state index in [9.17, 15) is 0 Å². The van der Waals surface area contributed by atoms with Crippen molar-refractivity contribution in [3.05, 3.63) is 54.1 Å². The number of benzene rings is 2. The van der Waals surface area contributed by atoms with Gasteiger partial charge in [0.25, 0.3) is 0 Å². The second-order valence-corrected chi connectivity index (χ2v) is 8.00. The molecule has 2 rings (SSSR count). The smallest absolute Gasteiger partial charge is 0.119 e. The lowest BCUT2D eigenvalue weighted by molar-refractivity contribution is 0.305. The first-order valence-corrected chi connectivity index (χ1v) is 11.7. The van der Waals surface area contributed by atoms with Crippen LogP contribution in [0.2, 0.25) is 0 Å². The molecule has 0 spiro atoms. The molecule has 0 radical (unpaired) electrons. The van der Waals surface area contributed by atoms with Crippen LogP contribution >= 0.6 is 0 Å². The summed E-state index contributed by atoms with van der Waals surface area (Å²) in [6.07, 6.45) is 15.8. The summed E-state index contributed by atoms with van der Waals surface area (Å²) in [5, 5.41) is 0. The van der Waals surface area contributed by atoms with E-state index in [1.807, 2.05) is 0 Å². The number of hydrogen-bond donors (Lipinski definition) is 0. The molecule has 0 aliphatic carbocycles. The van der Waals surface area contributed by atoms with Crippen LogP contribution in [0.4, 0.5) is 0 Å². The van der Waals surface area contributed by atoms with Gasteiger partial charge in [0, 0.05) is 0 Å². The highest BCUT2D eigenvalue weighted by molar-refractivity contribution is 5.64. The summed E-state index contributed by atoms with van der Waals surface area (Å²) in [4.78, 5) is 0. The lowest BCUT2D eigenvalue weighted by Gasteiger charge is -2.08. The van der Waals surface area contributed by atoms with Gasteiger partial charge in [-0.15, -0.1) is 0 Å². The Morgan fingerprint density at radius 3 is 1.64 bits per heavy atom. The van der Waals surface area contributed by atoms with E-state index in [1.54, 1.807) is 0 Å². The standard InChI is InChI=1S/C27H40O/c1-3-5-7-9-10-11-12-14-24-15-17-25(18-16-24)26-19-21-27(22-20-26)28-23-13-8-6-4-2/h15-22H,3-14,23H2,1-2H3. The third-order valence-corrected chi connectivity index (χ3v) is 5.48. The Bertz CT molecular complexity index is 612. The van der Waals surface area contributed by atoms with Crippen LogP contribution in [0.15, 0.2) is 48.5 Å². The largest absolute Gasteiger partial charge is 0.494 e. The van der Waals surface area contributed by atoms with Crippen LogP contribution in [0, 0.1) is 0 Å². The lowest BCUT2D eigenvalue weighted by atomic mass is 10.0. The van der Waals surface area contributed by atoms with Crippen molar-refractivity contribution in [2.24, 2.45) is 0 Å². The summed E-state index contributed by atoms with van der Waals surface area (Å²) in [6.45, 7) is 5.34. The normalized spacial score (nSPS) is 10.9. The number of ether oxygens (including phenoxy) is 1. The minimum absolute atomic E-state index is 0.826. The number of unbranched alkanes of at least 4 members (excludes halogenated alkanes) is 9. The van der Waals surface area contributed by atoms with Gasteiger partial charge < -0.3 is 4.74 Å². The Kier molecular flexibility index (Phi) is 11.5. The van der Waals surface area contributed by atoms with Crippen molar-refractivity contribution in [2.45, 2.75) is 90.9 Å². The molecule has 0 aromatic heterocycles. The van der Waals surface area contributed by atoms with E-state index in [0.29, 0.717) is 0 Å². The van der Waals surface area contributed by atoms with E-state index >= 15 is 0 Å². The Hall–Kier alpha value is -1.76. The summed E-state index contributed by atoms with van der Waals surface area (Å²) in [5.41, 5.74) is 4.02. The average Bonchev–Trinajstić information content (AvgIpc) is 2.74. The highest BCUT2D eigenvalue weighted by Crippen LogP contribution is 2.23. The van der Waals surface area contributed by atoms with Gasteiger partial charge in [-0.1, -0.05) is 108 Å². The van der Waals surface area contributed by atoms with Crippen LogP contribution in [-0.2, 0) is 6.42 Å². The van der Waals surface area contributed by atoms with Gasteiger partial charge in [0.1, 0.15) is 5.75 Å². The molecule has 2 aromatic rings. The quantitative estimate of drug-likeness (QED) is 0.281. The van der Waals surface area contributed by atoms with E-state index in [1.165, 1.54) is 87.3 Å². The van der Waals surface area contributed by atoms with Crippen molar-refractivity contribution in [3.63, 3.8) is 0 Å². The Labute approximate surface area is 173 Å². The third-order valence-electron chi connectivity index (χ3n) is 5.48. The van der Waals surface area contributed by atoms with Gasteiger partial charge >= 0.3 is 0 Å². The molecule has 0 saturated heterocycles. The molecule has 0 bridgehead atoms. The molecule has 0 atom stereocenters. The first kappa shape index (κ1) is 22.5. The van der Waals surface area contributed by atoms with Gasteiger partial charge in [0.05, 0.1) is 6.61 Å². The molecular formula is C27H40O. The Morgan fingerprint density at radius 1 is 0.536 bits per heavy atom. The zero-order valence-corrected chi connectivity index (χ0v) is 18.2. The minimum Gasteiger partial charge on any atom is -0.494 e. The van der Waals surface area contributed by atoms with E-state index in [0.717, 1.165) is 18.8 Å². The average molecular weight is 381 g/mol. The molecule has 0 aliphatic heterocycles. The van der Waals surface area contributed by atoms with Gasteiger partial charge in [-0.3, -0.25) is 0 Å². The molecule has 2 aromatic carbocycles.